The Morgan fingerprint density at radius 2 is 2.17 bits per heavy atom. The minimum Gasteiger partial charge on any atom is -0.382 e. The Labute approximate surface area is 112 Å². The second kappa shape index (κ2) is 5.55. The molecule has 0 bridgehead atoms. The lowest BCUT2D eigenvalue weighted by Crippen LogP contribution is -2.10. The molecule has 1 atom stereocenters. The van der Waals surface area contributed by atoms with Gasteiger partial charge in [0.2, 0.25) is 0 Å². The van der Waals surface area contributed by atoms with E-state index >= 15 is 0 Å². The van der Waals surface area contributed by atoms with Crippen LogP contribution in [0.1, 0.15) is 36.3 Å². The fourth-order valence-electron chi connectivity index (χ4n) is 1.98. The van der Waals surface area contributed by atoms with E-state index in [1.165, 1.54) is 0 Å². The van der Waals surface area contributed by atoms with Crippen LogP contribution < -0.4 is 0 Å². The first-order valence-corrected chi connectivity index (χ1v) is 6.47. The quantitative estimate of drug-likeness (QED) is 0.920. The highest BCUT2D eigenvalue weighted by atomic mass is 35.5. The molecule has 0 amide bonds. The number of nitrogens with zero attached hydrogens (tertiary/aromatic N) is 2. The summed E-state index contributed by atoms with van der Waals surface area (Å²) in [6, 6.07) is 7.43. The topological polar surface area (TPSA) is 38.0 Å². The van der Waals surface area contributed by atoms with Gasteiger partial charge in [0.1, 0.15) is 6.10 Å². The molecule has 0 aliphatic heterocycles. The van der Waals surface area contributed by atoms with Gasteiger partial charge in [-0.05, 0) is 36.6 Å². The van der Waals surface area contributed by atoms with Gasteiger partial charge in [0.05, 0.1) is 5.69 Å². The van der Waals surface area contributed by atoms with E-state index in [0.29, 0.717) is 5.02 Å². The van der Waals surface area contributed by atoms with Crippen molar-refractivity contribution in [2.24, 2.45) is 0 Å². The van der Waals surface area contributed by atoms with Gasteiger partial charge in [0.15, 0.2) is 0 Å². The first-order chi connectivity index (χ1) is 8.63. The zero-order valence-corrected chi connectivity index (χ0v) is 11.4. The van der Waals surface area contributed by atoms with Gasteiger partial charge in [-0.3, -0.25) is 4.68 Å². The molecule has 0 fully saturated rings. The molecule has 1 unspecified atom stereocenters. The van der Waals surface area contributed by atoms with Crippen LogP contribution in [0.2, 0.25) is 5.02 Å². The largest absolute Gasteiger partial charge is 0.382 e. The van der Waals surface area contributed by atoms with Crippen molar-refractivity contribution in [3.8, 4) is 0 Å². The Morgan fingerprint density at radius 1 is 1.39 bits per heavy atom. The summed E-state index contributed by atoms with van der Waals surface area (Å²) >= 11 is 5.99. The number of hydrogen-bond acceptors (Lipinski definition) is 2. The van der Waals surface area contributed by atoms with Crippen molar-refractivity contribution in [1.82, 2.24) is 9.78 Å². The van der Waals surface area contributed by atoms with Crippen LogP contribution in [0.4, 0.5) is 0 Å². The van der Waals surface area contributed by atoms with Gasteiger partial charge in [-0.25, -0.2) is 0 Å². The fourth-order valence-corrected chi connectivity index (χ4v) is 2.10. The van der Waals surface area contributed by atoms with E-state index in [2.05, 4.69) is 12.0 Å². The Balaban J connectivity index is 2.32. The molecule has 4 heteroatoms. The smallest absolute Gasteiger partial charge is 0.121 e. The molecule has 0 saturated carbocycles. The van der Waals surface area contributed by atoms with Crippen molar-refractivity contribution in [3.63, 3.8) is 0 Å². The van der Waals surface area contributed by atoms with Crippen molar-refractivity contribution in [1.29, 1.82) is 0 Å². The van der Waals surface area contributed by atoms with Crippen LogP contribution in [0.15, 0.2) is 30.5 Å². The lowest BCUT2D eigenvalue weighted by molar-refractivity contribution is 0.207. The average molecular weight is 265 g/mol. The number of aryl methyl sites for hydroxylation is 2. The number of aliphatic hydroxyl groups excluding tert-OH is 1. The summed E-state index contributed by atoms with van der Waals surface area (Å²) in [6.07, 6.45) is 2.05. The van der Waals surface area contributed by atoms with E-state index in [-0.39, 0.29) is 0 Å². The van der Waals surface area contributed by atoms with Crippen molar-refractivity contribution in [3.05, 3.63) is 52.3 Å². The third kappa shape index (κ3) is 2.57. The molecular formula is C14H17ClN2O. The number of benzene rings is 1. The summed E-state index contributed by atoms with van der Waals surface area (Å²) in [5.41, 5.74) is 2.63. The average Bonchev–Trinajstić information content (AvgIpc) is 2.80. The summed E-state index contributed by atoms with van der Waals surface area (Å²) in [6.45, 7) is 4.83. The molecule has 0 aliphatic rings. The second-order valence-electron chi connectivity index (χ2n) is 4.39. The van der Waals surface area contributed by atoms with Crippen LogP contribution in [-0.2, 0) is 6.54 Å². The molecule has 0 saturated heterocycles. The SMILES string of the molecule is CCCn1nccc1C(O)c1ccc(Cl)c(C)c1. The number of aromatic nitrogens is 2. The zero-order chi connectivity index (χ0) is 13.1. The predicted molar refractivity (Wildman–Crippen MR) is 72.8 cm³/mol. The number of halogens is 1. The van der Waals surface area contributed by atoms with Crippen molar-refractivity contribution < 1.29 is 5.11 Å². The lowest BCUT2D eigenvalue weighted by atomic mass is 10.0. The monoisotopic (exact) mass is 264 g/mol. The molecule has 0 aliphatic carbocycles. The van der Waals surface area contributed by atoms with E-state index in [1.54, 1.807) is 6.20 Å². The predicted octanol–water partition coefficient (Wildman–Crippen LogP) is 3.34. The van der Waals surface area contributed by atoms with Gasteiger partial charge >= 0.3 is 0 Å². The number of hydrogen-bond donors (Lipinski definition) is 1. The summed E-state index contributed by atoms with van der Waals surface area (Å²) in [7, 11) is 0. The molecular weight excluding hydrogens is 248 g/mol. The van der Waals surface area contributed by atoms with Crippen LogP contribution in [0.3, 0.4) is 0 Å². The first kappa shape index (κ1) is 13.1. The van der Waals surface area contributed by atoms with Gasteiger partial charge in [0, 0.05) is 17.8 Å². The second-order valence-corrected chi connectivity index (χ2v) is 4.80. The van der Waals surface area contributed by atoms with E-state index in [9.17, 15) is 5.11 Å². The summed E-state index contributed by atoms with van der Waals surface area (Å²) in [4.78, 5) is 0. The third-order valence-corrected chi connectivity index (χ3v) is 3.39. The highest BCUT2D eigenvalue weighted by Crippen LogP contribution is 2.25. The molecule has 1 aromatic carbocycles. The summed E-state index contributed by atoms with van der Waals surface area (Å²) in [5.74, 6) is 0. The third-order valence-electron chi connectivity index (χ3n) is 2.96. The molecule has 2 aromatic rings. The van der Waals surface area contributed by atoms with Crippen molar-refractivity contribution in [2.45, 2.75) is 32.9 Å². The van der Waals surface area contributed by atoms with Gasteiger partial charge in [-0.2, -0.15) is 5.10 Å². The van der Waals surface area contributed by atoms with Gasteiger partial charge in [-0.15, -0.1) is 0 Å². The highest BCUT2D eigenvalue weighted by molar-refractivity contribution is 6.31. The highest BCUT2D eigenvalue weighted by Gasteiger charge is 2.15. The summed E-state index contributed by atoms with van der Waals surface area (Å²) in [5, 5.41) is 15.3. The molecule has 18 heavy (non-hydrogen) atoms. The van der Waals surface area contributed by atoms with Crippen LogP contribution in [-0.4, -0.2) is 14.9 Å². The molecule has 3 nitrogen and oxygen atoms in total. The number of rotatable bonds is 4. The van der Waals surface area contributed by atoms with Crippen molar-refractivity contribution >= 4 is 11.6 Å². The minimum absolute atomic E-state index is 0.657. The van der Waals surface area contributed by atoms with Gasteiger partial charge < -0.3 is 5.11 Å². The summed E-state index contributed by atoms with van der Waals surface area (Å²) < 4.78 is 1.84. The zero-order valence-electron chi connectivity index (χ0n) is 10.6. The van der Waals surface area contributed by atoms with Crippen LogP contribution in [0, 0.1) is 6.92 Å². The molecule has 2 rings (SSSR count). The molecule has 1 aromatic heterocycles. The minimum atomic E-state index is -0.657. The Kier molecular flexibility index (Phi) is 4.04. The molecule has 96 valence electrons. The lowest BCUT2D eigenvalue weighted by Gasteiger charge is -2.14. The van der Waals surface area contributed by atoms with Crippen LogP contribution >= 0.6 is 11.6 Å². The van der Waals surface area contributed by atoms with E-state index < -0.39 is 6.10 Å². The fraction of sp³-hybridized carbons (Fsp3) is 0.357. The van der Waals surface area contributed by atoms with E-state index in [0.717, 1.165) is 29.8 Å². The number of aliphatic hydroxyl groups is 1. The maximum absolute atomic E-state index is 10.4. The molecule has 1 N–H and O–H groups in total. The first-order valence-electron chi connectivity index (χ1n) is 6.09. The molecule has 1 heterocycles. The van der Waals surface area contributed by atoms with E-state index in [1.807, 2.05) is 35.9 Å². The molecule has 0 radical (unpaired) electrons. The maximum Gasteiger partial charge on any atom is 0.121 e. The van der Waals surface area contributed by atoms with E-state index in [4.69, 9.17) is 11.6 Å². The Morgan fingerprint density at radius 3 is 2.83 bits per heavy atom. The standard InChI is InChI=1S/C14H17ClN2O/c1-3-8-17-13(6-7-16-17)14(18)11-4-5-12(15)10(2)9-11/h4-7,9,14,18H,3,8H2,1-2H3. The van der Waals surface area contributed by atoms with Gasteiger partial charge in [-0.1, -0.05) is 30.7 Å². The van der Waals surface area contributed by atoms with Gasteiger partial charge in [0.25, 0.3) is 0 Å². The van der Waals surface area contributed by atoms with Crippen LogP contribution in [0.5, 0.6) is 0 Å². The maximum atomic E-state index is 10.4. The van der Waals surface area contributed by atoms with Crippen LogP contribution in [0.25, 0.3) is 0 Å². The normalized spacial score (nSPS) is 12.7. The Hall–Kier alpha value is -1.32. The molecule has 0 spiro atoms. The Bertz CT molecular complexity index is 536. The van der Waals surface area contributed by atoms with Crippen molar-refractivity contribution in [2.75, 3.05) is 0 Å².